The smallest absolute Gasteiger partial charge is 0.122 e. The SMILES string of the molecule is Cc1cccc(OCCCCC(C)(C)C#N)c1C. The first kappa shape index (κ1) is 14.6. The highest BCUT2D eigenvalue weighted by Crippen LogP contribution is 2.23. The van der Waals surface area contributed by atoms with Crippen molar-refractivity contribution in [1.29, 1.82) is 5.26 Å². The maximum atomic E-state index is 8.91. The molecule has 0 saturated carbocycles. The Morgan fingerprint density at radius 3 is 2.61 bits per heavy atom. The van der Waals surface area contributed by atoms with Crippen molar-refractivity contribution >= 4 is 0 Å². The van der Waals surface area contributed by atoms with Crippen molar-refractivity contribution in [1.82, 2.24) is 0 Å². The molecule has 1 aromatic rings. The number of hydrogen-bond donors (Lipinski definition) is 0. The topological polar surface area (TPSA) is 33.0 Å². The van der Waals surface area contributed by atoms with Crippen LogP contribution in [0.1, 0.15) is 44.2 Å². The van der Waals surface area contributed by atoms with Crippen molar-refractivity contribution < 1.29 is 4.74 Å². The fourth-order valence-corrected chi connectivity index (χ4v) is 1.79. The first-order valence-corrected chi connectivity index (χ1v) is 6.56. The van der Waals surface area contributed by atoms with Crippen LogP contribution in [0.5, 0.6) is 5.75 Å². The van der Waals surface area contributed by atoms with Gasteiger partial charge in [-0.1, -0.05) is 12.1 Å². The van der Waals surface area contributed by atoms with E-state index in [1.54, 1.807) is 0 Å². The van der Waals surface area contributed by atoms with Gasteiger partial charge in [-0.05, 0) is 64.2 Å². The molecule has 0 saturated heterocycles. The third-order valence-electron chi connectivity index (χ3n) is 3.31. The number of hydrogen-bond acceptors (Lipinski definition) is 2. The molecule has 1 rings (SSSR count). The monoisotopic (exact) mass is 245 g/mol. The zero-order chi connectivity index (χ0) is 13.6. The molecule has 0 radical (unpaired) electrons. The van der Waals surface area contributed by atoms with Gasteiger partial charge >= 0.3 is 0 Å². The molecule has 2 nitrogen and oxygen atoms in total. The molecule has 1 aromatic carbocycles. The van der Waals surface area contributed by atoms with Crippen LogP contribution >= 0.6 is 0 Å². The lowest BCUT2D eigenvalue weighted by Crippen LogP contribution is -2.08. The summed E-state index contributed by atoms with van der Waals surface area (Å²) in [6, 6.07) is 8.46. The quantitative estimate of drug-likeness (QED) is 0.696. The Bertz CT molecular complexity index is 429. The minimum Gasteiger partial charge on any atom is -0.493 e. The highest BCUT2D eigenvalue weighted by Gasteiger charge is 2.15. The molecule has 0 aromatic heterocycles. The molecule has 0 aliphatic carbocycles. The van der Waals surface area contributed by atoms with E-state index in [0.717, 1.165) is 31.6 Å². The minimum atomic E-state index is -0.209. The number of rotatable bonds is 6. The van der Waals surface area contributed by atoms with Gasteiger partial charge in [0.2, 0.25) is 0 Å². The van der Waals surface area contributed by atoms with Gasteiger partial charge in [-0.3, -0.25) is 0 Å². The number of nitriles is 1. The highest BCUT2D eigenvalue weighted by molar-refractivity contribution is 5.38. The van der Waals surface area contributed by atoms with Crippen LogP contribution in [0.4, 0.5) is 0 Å². The Hall–Kier alpha value is -1.49. The lowest BCUT2D eigenvalue weighted by atomic mass is 9.89. The molecule has 0 fully saturated rings. The lowest BCUT2D eigenvalue weighted by molar-refractivity contribution is 0.293. The Morgan fingerprint density at radius 2 is 1.94 bits per heavy atom. The fourth-order valence-electron chi connectivity index (χ4n) is 1.79. The van der Waals surface area contributed by atoms with Crippen LogP contribution in [0.25, 0.3) is 0 Å². The largest absolute Gasteiger partial charge is 0.493 e. The number of aryl methyl sites for hydroxylation is 1. The molecule has 2 heteroatoms. The van der Waals surface area contributed by atoms with E-state index in [9.17, 15) is 0 Å². The van der Waals surface area contributed by atoms with Crippen LogP contribution in [-0.4, -0.2) is 6.61 Å². The van der Waals surface area contributed by atoms with Gasteiger partial charge in [0.05, 0.1) is 18.1 Å². The third kappa shape index (κ3) is 4.41. The minimum absolute atomic E-state index is 0.209. The maximum absolute atomic E-state index is 8.91. The average molecular weight is 245 g/mol. The summed E-state index contributed by atoms with van der Waals surface area (Å²) in [7, 11) is 0. The second-order valence-corrected chi connectivity index (χ2v) is 5.50. The molecular weight excluding hydrogens is 222 g/mol. The Balaban J connectivity index is 2.31. The number of unbranched alkanes of at least 4 members (excludes halogenated alkanes) is 1. The molecule has 0 spiro atoms. The van der Waals surface area contributed by atoms with Gasteiger partial charge in [0, 0.05) is 0 Å². The molecule has 0 aliphatic heterocycles. The van der Waals surface area contributed by atoms with Gasteiger partial charge in [0.1, 0.15) is 5.75 Å². The van der Waals surface area contributed by atoms with Crippen LogP contribution < -0.4 is 4.74 Å². The molecular formula is C16H23NO. The predicted octanol–water partition coefficient (Wildman–Crippen LogP) is 4.40. The summed E-state index contributed by atoms with van der Waals surface area (Å²) in [5, 5.41) is 8.91. The Morgan fingerprint density at radius 1 is 1.22 bits per heavy atom. The summed E-state index contributed by atoms with van der Waals surface area (Å²) >= 11 is 0. The van der Waals surface area contributed by atoms with Gasteiger partial charge in [0.25, 0.3) is 0 Å². The first-order valence-electron chi connectivity index (χ1n) is 6.56. The van der Waals surface area contributed by atoms with E-state index in [1.807, 2.05) is 26.0 Å². The van der Waals surface area contributed by atoms with E-state index in [0.29, 0.717) is 0 Å². The summed E-state index contributed by atoms with van der Waals surface area (Å²) in [4.78, 5) is 0. The van der Waals surface area contributed by atoms with Gasteiger partial charge in [0.15, 0.2) is 0 Å². The Kier molecular flexibility index (Phi) is 5.22. The standard InChI is InChI=1S/C16H23NO/c1-13-8-7-9-15(14(13)2)18-11-6-5-10-16(3,4)12-17/h7-9H,5-6,10-11H2,1-4H3. The predicted molar refractivity (Wildman–Crippen MR) is 74.7 cm³/mol. The van der Waals surface area contributed by atoms with Gasteiger partial charge in [-0.25, -0.2) is 0 Å². The van der Waals surface area contributed by atoms with E-state index in [-0.39, 0.29) is 5.41 Å². The normalized spacial score (nSPS) is 11.1. The van der Waals surface area contributed by atoms with Crippen molar-refractivity contribution in [2.24, 2.45) is 5.41 Å². The van der Waals surface area contributed by atoms with E-state index >= 15 is 0 Å². The zero-order valence-corrected chi connectivity index (χ0v) is 11.9. The van der Waals surface area contributed by atoms with Crippen molar-refractivity contribution in [3.63, 3.8) is 0 Å². The molecule has 0 aliphatic rings. The van der Waals surface area contributed by atoms with Crippen molar-refractivity contribution in [2.45, 2.75) is 47.0 Å². The second-order valence-electron chi connectivity index (χ2n) is 5.50. The zero-order valence-electron chi connectivity index (χ0n) is 11.9. The van der Waals surface area contributed by atoms with Crippen LogP contribution in [-0.2, 0) is 0 Å². The molecule has 0 unspecified atom stereocenters. The van der Waals surface area contributed by atoms with Crippen LogP contribution in [0.15, 0.2) is 18.2 Å². The fraction of sp³-hybridized carbons (Fsp3) is 0.562. The lowest BCUT2D eigenvalue weighted by Gasteiger charge is -2.15. The summed E-state index contributed by atoms with van der Waals surface area (Å²) < 4.78 is 5.78. The molecule has 0 N–H and O–H groups in total. The summed E-state index contributed by atoms with van der Waals surface area (Å²) in [6.45, 7) is 8.88. The molecule has 18 heavy (non-hydrogen) atoms. The molecule has 0 atom stereocenters. The molecule has 0 heterocycles. The summed E-state index contributed by atoms with van der Waals surface area (Å²) in [6.07, 6.45) is 2.96. The average Bonchev–Trinajstić information content (AvgIpc) is 2.34. The van der Waals surface area contributed by atoms with Gasteiger partial charge < -0.3 is 4.74 Å². The van der Waals surface area contributed by atoms with Crippen molar-refractivity contribution in [3.05, 3.63) is 29.3 Å². The summed E-state index contributed by atoms with van der Waals surface area (Å²) in [5.74, 6) is 0.981. The van der Waals surface area contributed by atoms with Gasteiger partial charge in [-0.2, -0.15) is 5.26 Å². The van der Waals surface area contributed by atoms with E-state index in [1.165, 1.54) is 11.1 Å². The van der Waals surface area contributed by atoms with E-state index < -0.39 is 0 Å². The number of nitrogens with zero attached hydrogens (tertiary/aromatic N) is 1. The van der Waals surface area contributed by atoms with Crippen molar-refractivity contribution in [3.8, 4) is 11.8 Å². The first-order chi connectivity index (χ1) is 8.46. The molecule has 98 valence electrons. The van der Waals surface area contributed by atoms with Crippen LogP contribution in [0, 0.1) is 30.6 Å². The molecule has 0 bridgehead atoms. The summed E-state index contributed by atoms with van der Waals surface area (Å²) in [5.41, 5.74) is 2.27. The second kappa shape index (κ2) is 6.44. The van der Waals surface area contributed by atoms with Gasteiger partial charge in [-0.15, -0.1) is 0 Å². The highest BCUT2D eigenvalue weighted by atomic mass is 16.5. The van der Waals surface area contributed by atoms with Crippen LogP contribution in [0.3, 0.4) is 0 Å². The molecule has 0 amide bonds. The number of benzene rings is 1. The van der Waals surface area contributed by atoms with Crippen LogP contribution in [0.2, 0.25) is 0 Å². The van der Waals surface area contributed by atoms with Crippen molar-refractivity contribution in [2.75, 3.05) is 6.61 Å². The van der Waals surface area contributed by atoms with E-state index in [2.05, 4.69) is 26.0 Å². The van der Waals surface area contributed by atoms with E-state index in [4.69, 9.17) is 10.00 Å². The number of ether oxygens (including phenoxy) is 1. The third-order valence-corrected chi connectivity index (χ3v) is 3.31. The maximum Gasteiger partial charge on any atom is 0.122 e. The Labute approximate surface area is 111 Å².